The number of hydrogen-bond acceptors (Lipinski definition) is 3. The van der Waals surface area contributed by atoms with E-state index in [1.54, 1.807) is 0 Å². The molecule has 2 atom stereocenters. The molecule has 1 aliphatic heterocycles. The Morgan fingerprint density at radius 2 is 2.25 bits per heavy atom. The number of carbonyl (C=O) groups excluding carboxylic acids is 1. The van der Waals surface area contributed by atoms with Gasteiger partial charge >= 0.3 is 0 Å². The number of carbonyl (C=O) groups is 1. The van der Waals surface area contributed by atoms with Gasteiger partial charge in [-0.2, -0.15) is 0 Å². The van der Waals surface area contributed by atoms with Crippen LogP contribution < -0.4 is 10.2 Å². The van der Waals surface area contributed by atoms with Crippen molar-refractivity contribution in [2.75, 3.05) is 18.0 Å². The number of anilines is 1. The number of para-hydroxylation sites is 1. The molecule has 0 aromatic heterocycles. The first-order chi connectivity index (χ1) is 9.61. The number of aliphatic hydroxyl groups excluding tert-OH is 1. The van der Waals surface area contributed by atoms with E-state index >= 15 is 0 Å². The Labute approximate surface area is 120 Å². The van der Waals surface area contributed by atoms with Crippen molar-refractivity contribution in [3.05, 3.63) is 29.8 Å². The lowest BCUT2D eigenvalue weighted by molar-refractivity contribution is -0.120. The molecule has 4 heteroatoms. The summed E-state index contributed by atoms with van der Waals surface area (Å²) in [4.78, 5) is 14.1. The first-order valence-electron chi connectivity index (χ1n) is 7.43. The van der Waals surface area contributed by atoms with Crippen LogP contribution in [-0.4, -0.2) is 30.1 Å². The average molecular weight is 276 g/mol. The largest absolute Gasteiger partial charge is 0.388 e. The van der Waals surface area contributed by atoms with Gasteiger partial charge in [0, 0.05) is 23.8 Å². The second-order valence-electron chi connectivity index (χ2n) is 5.54. The quantitative estimate of drug-likeness (QED) is 0.867. The summed E-state index contributed by atoms with van der Waals surface area (Å²) in [6.07, 6.45) is 2.33. The summed E-state index contributed by atoms with van der Waals surface area (Å²) in [5, 5.41) is 13.0. The van der Waals surface area contributed by atoms with Gasteiger partial charge in [0.25, 0.3) is 0 Å². The zero-order valence-electron chi connectivity index (χ0n) is 12.3. The maximum atomic E-state index is 12.1. The second kappa shape index (κ2) is 6.75. The van der Waals surface area contributed by atoms with Gasteiger partial charge < -0.3 is 15.3 Å². The van der Waals surface area contributed by atoms with Crippen LogP contribution in [0.4, 0.5) is 5.69 Å². The topological polar surface area (TPSA) is 52.6 Å². The number of fused-ring (bicyclic) bond motifs is 1. The minimum absolute atomic E-state index is 0.0529. The number of nitrogens with zero attached hydrogens (tertiary/aromatic N) is 1. The number of nitrogens with one attached hydrogen (secondary N) is 1. The zero-order chi connectivity index (χ0) is 14.5. The minimum atomic E-state index is -0.412. The Morgan fingerprint density at radius 1 is 1.50 bits per heavy atom. The predicted molar refractivity (Wildman–Crippen MR) is 80.7 cm³/mol. The van der Waals surface area contributed by atoms with Gasteiger partial charge in [0.2, 0.25) is 5.91 Å². The van der Waals surface area contributed by atoms with Crippen molar-refractivity contribution in [3.63, 3.8) is 0 Å². The van der Waals surface area contributed by atoms with Gasteiger partial charge in [-0.1, -0.05) is 31.5 Å². The Kier molecular flexibility index (Phi) is 5.01. The van der Waals surface area contributed by atoms with Gasteiger partial charge in [0.15, 0.2) is 0 Å². The van der Waals surface area contributed by atoms with Crippen molar-refractivity contribution in [2.24, 2.45) is 0 Å². The molecule has 2 unspecified atom stereocenters. The lowest BCUT2D eigenvalue weighted by atomic mass is 9.99. The Balaban J connectivity index is 2.00. The maximum absolute atomic E-state index is 12.1. The van der Waals surface area contributed by atoms with Crippen molar-refractivity contribution < 1.29 is 9.90 Å². The van der Waals surface area contributed by atoms with Crippen molar-refractivity contribution in [1.29, 1.82) is 0 Å². The van der Waals surface area contributed by atoms with E-state index in [1.807, 2.05) is 31.2 Å². The Bertz CT molecular complexity index is 462. The van der Waals surface area contributed by atoms with Crippen LogP contribution in [0, 0.1) is 0 Å². The van der Waals surface area contributed by atoms with Gasteiger partial charge in [0.05, 0.1) is 12.6 Å². The molecule has 0 saturated heterocycles. The van der Waals surface area contributed by atoms with Crippen molar-refractivity contribution in [1.82, 2.24) is 5.32 Å². The summed E-state index contributed by atoms with van der Waals surface area (Å²) in [5.41, 5.74) is 1.90. The first kappa shape index (κ1) is 14.9. The van der Waals surface area contributed by atoms with Crippen LogP contribution in [0.3, 0.4) is 0 Å². The molecule has 20 heavy (non-hydrogen) atoms. The van der Waals surface area contributed by atoms with Crippen LogP contribution in [0.15, 0.2) is 24.3 Å². The zero-order valence-corrected chi connectivity index (χ0v) is 12.3. The highest BCUT2D eigenvalue weighted by atomic mass is 16.3. The molecule has 4 nitrogen and oxygen atoms in total. The van der Waals surface area contributed by atoms with Gasteiger partial charge in [-0.25, -0.2) is 0 Å². The average Bonchev–Trinajstić information content (AvgIpc) is 2.42. The highest BCUT2D eigenvalue weighted by molar-refractivity contribution is 5.82. The molecule has 1 heterocycles. The van der Waals surface area contributed by atoms with Crippen LogP contribution in [0.5, 0.6) is 0 Å². The standard InChI is InChI=1S/C16H24N2O2/c1-3-6-12(2)17-16(20)11-18-10-9-15(19)13-7-4-5-8-14(13)18/h4-5,7-8,12,15,19H,3,6,9-11H2,1-2H3,(H,17,20). The van der Waals surface area contributed by atoms with Crippen molar-refractivity contribution in [2.45, 2.75) is 45.3 Å². The molecule has 2 N–H and O–H groups in total. The van der Waals surface area contributed by atoms with E-state index < -0.39 is 6.10 Å². The first-order valence-corrected chi connectivity index (χ1v) is 7.43. The fourth-order valence-corrected chi connectivity index (χ4v) is 2.77. The van der Waals surface area contributed by atoms with Gasteiger partial charge in [-0.3, -0.25) is 4.79 Å². The smallest absolute Gasteiger partial charge is 0.239 e. The summed E-state index contributed by atoms with van der Waals surface area (Å²) in [6, 6.07) is 8.00. The summed E-state index contributed by atoms with van der Waals surface area (Å²) in [6.45, 7) is 5.23. The Hall–Kier alpha value is -1.55. The molecular weight excluding hydrogens is 252 g/mol. The molecule has 0 radical (unpaired) electrons. The highest BCUT2D eigenvalue weighted by Crippen LogP contribution is 2.32. The fourth-order valence-electron chi connectivity index (χ4n) is 2.77. The number of rotatable bonds is 5. The monoisotopic (exact) mass is 276 g/mol. The molecule has 1 aromatic carbocycles. The third-order valence-corrected chi connectivity index (χ3v) is 3.77. The van der Waals surface area contributed by atoms with E-state index in [0.717, 1.165) is 24.1 Å². The van der Waals surface area contributed by atoms with E-state index in [2.05, 4.69) is 17.1 Å². The van der Waals surface area contributed by atoms with E-state index in [9.17, 15) is 9.90 Å². The molecule has 0 aliphatic carbocycles. The molecule has 2 rings (SSSR count). The van der Waals surface area contributed by atoms with Crippen LogP contribution >= 0.6 is 0 Å². The van der Waals surface area contributed by atoms with Gasteiger partial charge in [-0.05, 0) is 25.8 Å². The molecule has 0 bridgehead atoms. The summed E-state index contributed by atoms with van der Waals surface area (Å²) in [7, 11) is 0. The van der Waals surface area contributed by atoms with Crippen LogP contribution in [-0.2, 0) is 4.79 Å². The molecule has 1 aliphatic rings. The molecular formula is C16H24N2O2. The number of amides is 1. The lowest BCUT2D eigenvalue weighted by Gasteiger charge is -2.33. The van der Waals surface area contributed by atoms with Gasteiger partial charge in [0.1, 0.15) is 0 Å². The fraction of sp³-hybridized carbons (Fsp3) is 0.562. The number of benzene rings is 1. The van der Waals surface area contributed by atoms with Crippen LogP contribution in [0.1, 0.15) is 44.8 Å². The SMILES string of the molecule is CCCC(C)NC(=O)CN1CCC(O)c2ccccc21. The van der Waals surface area contributed by atoms with E-state index in [0.29, 0.717) is 19.5 Å². The van der Waals surface area contributed by atoms with Crippen molar-refractivity contribution in [3.8, 4) is 0 Å². The van der Waals surface area contributed by atoms with Gasteiger partial charge in [-0.15, -0.1) is 0 Å². The molecule has 110 valence electrons. The molecule has 1 amide bonds. The lowest BCUT2D eigenvalue weighted by Crippen LogP contribution is -2.43. The van der Waals surface area contributed by atoms with E-state index in [4.69, 9.17) is 0 Å². The summed E-state index contributed by atoms with van der Waals surface area (Å²) >= 11 is 0. The molecule has 0 fully saturated rings. The van der Waals surface area contributed by atoms with E-state index in [1.165, 1.54) is 0 Å². The maximum Gasteiger partial charge on any atom is 0.239 e. The minimum Gasteiger partial charge on any atom is -0.388 e. The normalized spacial score (nSPS) is 19.4. The highest BCUT2D eigenvalue weighted by Gasteiger charge is 2.24. The third kappa shape index (κ3) is 3.51. The van der Waals surface area contributed by atoms with E-state index in [-0.39, 0.29) is 11.9 Å². The van der Waals surface area contributed by atoms with Crippen LogP contribution in [0.2, 0.25) is 0 Å². The molecule has 0 spiro atoms. The Morgan fingerprint density at radius 3 is 3.00 bits per heavy atom. The third-order valence-electron chi connectivity index (χ3n) is 3.77. The second-order valence-corrected chi connectivity index (χ2v) is 5.54. The molecule has 1 aromatic rings. The molecule has 0 saturated carbocycles. The summed E-state index contributed by atoms with van der Waals surface area (Å²) < 4.78 is 0. The summed E-state index contributed by atoms with van der Waals surface area (Å²) in [5.74, 6) is 0.0529. The number of hydrogen-bond donors (Lipinski definition) is 2. The van der Waals surface area contributed by atoms with Crippen LogP contribution in [0.25, 0.3) is 0 Å². The predicted octanol–water partition coefficient (Wildman–Crippen LogP) is 2.23. The number of aliphatic hydroxyl groups is 1. The van der Waals surface area contributed by atoms with Crippen molar-refractivity contribution >= 4 is 11.6 Å².